The van der Waals surface area contributed by atoms with Gasteiger partial charge in [-0.25, -0.2) is 9.97 Å². The highest BCUT2D eigenvalue weighted by molar-refractivity contribution is 5.46. The summed E-state index contributed by atoms with van der Waals surface area (Å²) in [5, 5.41) is 3.98. The highest BCUT2D eigenvalue weighted by atomic mass is 16.5. The van der Waals surface area contributed by atoms with E-state index in [1.54, 1.807) is 12.3 Å². The van der Waals surface area contributed by atoms with Crippen LogP contribution in [0, 0.1) is 5.41 Å². The van der Waals surface area contributed by atoms with Crippen LogP contribution in [0.15, 0.2) is 23.1 Å². The molecular weight excluding hydrogens is 254 g/mol. The van der Waals surface area contributed by atoms with Gasteiger partial charge in [-0.2, -0.15) is 4.98 Å². The highest BCUT2D eigenvalue weighted by Gasteiger charge is 2.26. The molecule has 6 heteroatoms. The molecule has 3 heterocycles. The summed E-state index contributed by atoms with van der Waals surface area (Å²) in [7, 11) is 0. The van der Waals surface area contributed by atoms with Gasteiger partial charge in [0.15, 0.2) is 0 Å². The second kappa shape index (κ2) is 5.28. The molecule has 1 saturated heterocycles. The molecule has 0 radical (unpaired) electrons. The predicted molar refractivity (Wildman–Crippen MR) is 73.6 cm³/mol. The fraction of sp³-hybridized carbons (Fsp3) is 0.571. The Hall–Kier alpha value is -1.82. The lowest BCUT2D eigenvalue weighted by atomic mass is 9.83. The van der Waals surface area contributed by atoms with E-state index in [0.717, 1.165) is 13.1 Å². The van der Waals surface area contributed by atoms with Gasteiger partial charge in [0, 0.05) is 6.20 Å². The van der Waals surface area contributed by atoms with E-state index in [1.165, 1.54) is 19.2 Å². The molecule has 1 fully saturated rings. The third-order valence-corrected chi connectivity index (χ3v) is 3.85. The van der Waals surface area contributed by atoms with Crippen LogP contribution in [0.3, 0.4) is 0 Å². The number of rotatable bonds is 3. The van der Waals surface area contributed by atoms with Crippen LogP contribution >= 0.6 is 0 Å². The maximum Gasteiger partial charge on any atom is 0.241 e. The van der Waals surface area contributed by atoms with Crippen molar-refractivity contribution in [2.45, 2.75) is 33.2 Å². The van der Waals surface area contributed by atoms with Crippen molar-refractivity contribution < 1.29 is 4.52 Å². The molecule has 0 bridgehead atoms. The Morgan fingerprint density at radius 3 is 2.80 bits per heavy atom. The van der Waals surface area contributed by atoms with Crippen molar-refractivity contribution in [1.29, 1.82) is 0 Å². The summed E-state index contributed by atoms with van der Waals surface area (Å²) in [5.74, 6) is 1.18. The summed E-state index contributed by atoms with van der Waals surface area (Å²) < 4.78 is 5.31. The van der Waals surface area contributed by atoms with E-state index < -0.39 is 0 Å². The minimum atomic E-state index is 0.456. The van der Waals surface area contributed by atoms with Gasteiger partial charge in [0.2, 0.25) is 11.7 Å². The normalized spacial score (nSPS) is 19.1. The second-order valence-corrected chi connectivity index (χ2v) is 6.05. The Morgan fingerprint density at radius 2 is 2.10 bits per heavy atom. The molecule has 0 aromatic carbocycles. The molecule has 1 aliphatic heterocycles. The zero-order valence-corrected chi connectivity index (χ0v) is 11.9. The largest absolute Gasteiger partial charge is 0.337 e. The van der Waals surface area contributed by atoms with Crippen molar-refractivity contribution in [2.75, 3.05) is 13.1 Å². The van der Waals surface area contributed by atoms with E-state index in [-0.39, 0.29) is 0 Å². The number of likely N-dealkylation sites (tertiary alicyclic amines) is 1. The van der Waals surface area contributed by atoms with Crippen LogP contribution in [0.5, 0.6) is 0 Å². The lowest BCUT2D eigenvalue weighted by molar-refractivity contribution is 0.116. The van der Waals surface area contributed by atoms with Crippen molar-refractivity contribution in [3.05, 3.63) is 24.5 Å². The minimum absolute atomic E-state index is 0.456. The van der Waals surface area contributed by atoms with Gasteiger partial charge in [-0.1, -0.05) is 19.0 Å². The van der Waals surface area contributed by atoms with Crippen molar-refractivity contribution in [1.82, 2.24) is 25.0 Å². The molecule has 0 atom stereocenters. The van der Waals surface area contributed by atoms with Crippen LogP contribution in [0.1, 0.15) is 32.6 Å². The molecular formula is C14H19N5O. The molecule has 0 N–H and O–H groups in total. The summed E-state index contributed by atoms with van der Waals surface area (Å²) in [4.78, 5) is 14.8. The van der Waals surface area contributed by atoms with Gasteiger partial charge in [0.1, 0.15) is 12.0 Å². The quantitative estimate of drug-likeness (QED) is 0.853. The zero-order valence-electron chi connectivity index (χ0n) is 11.9. The average molecular weight is 273 g/mol. The van der Waals surface area contributed by atoms with E-state index in [0.29, 0.717) is 29.4 Å². The van der Waals surface area contributed by atoms with Crippen LogP contribution in [-0.2, 0) is 6.54 Å². The fourth-order valence-electron chi connectivity index (χ4n) is 2.35. The monoisotopic (exact) mass is 273 g/mol. The first kappa shape index (κ1) is 13.2. The van der Waals surface area contributed by atoms with E-state index in [2.05, 4.69) is 38.9 Å². The Morgan fingerprint density at radius 1 is 1.30 bits per heavy atom. The molecule has 6 nitrogen and oxygen atoms in total. The van der Waals surface area contributed by atoms with E-state index in [1.807, 2.05) is 0 Å². The topological polar surface area (TPSA) is 67.9 Å². The third kappa shape index (κ3) is 3.01. The molecule has 0 unspecified atom stereocenters. The lowest BCUT2D eigenvalue weighted by Gasteiger charge is -2.36. The van der Waals surface area contributed by atoms with Gasteiger partial charge in [0.25, 0.3) is 0 Å². The zero-order chi connectivity index (χ0) is 14.0. The summed E-state index contributed by atoms with van der Waals surface area (Å²) in [6.45, 7) is 7.53. The molecule has 0 saturated carbocycles. The summed E-state index contributed by atoms with van der Waals surface area (Å²) >= 11 is 0. The van der Waals surface area contributed by atoms with E-state index in [4.69, 9.17) is 4.52 Å². The van der Waals surface area contributed by atoms with Crippen molar-refractivity contribution in [2.24, 2.45) is 5.41 Å². The average Bonchev–Trinajstić information content (AvgIpc) is 2.91. The van der Waals surface area contributed by atoms with Gasteiger partial charge < -0.3 is 4.52 Å². The maximum absolute atomic E-state index is 5.31. The van der Waals surface area contributed by atoms with Gasteiger partial charge >= 0.3 is 0 Å². The summed E-state index contributed by atoms with van der Waals surface area (Å²) in [6.07, 6.45) is 5.57. The Kier molecular flexibility index (Phi) is 3.48. The standard InChI is InChI=1S/C14H19N5O/c1-14(2)4-7-19(8-5-14)9-12-17-13(18-20-12)11-3-6-15-10-16-11/h3,6,10H,4-5,7-9H2,1-2H3. The van der Waals surface area contributed by atoms with Crippen molar-refractivity contribution in [3.63, 3.8) is 0 Å². The van der Waals surface area contributed by atoms with Crippen molar-refractivity contribution in [3.8, 4) is 11.5 Å². The molecule has 0 amide bonds. The molecule has 106 valence electrons. The minimum Gasteiger partial charge on any atom is -0.337 e. The number of hydrogen-bond acceptors (Lipinski definition) is 6. The van der Waals surface area contributed by atoms with E-state index >= 15 is 0 Å². The van der Waals surface area contributed by atoms with Crippen molar-refractivity contribution >= 4 is 0 Å². The number of piperidine rings is 1. The maximum atomic E-state index is 5.31. The van der Waals surface area contributed by atoms with Crippen LogP contribution in [0.25, 0.3) is 11.5 Å². The summed E-state index contributed by atoms with van der Waals surface area (Å²) in [6, 6.07) is 1.78. The Bertz CT molecular complexity index is 556. The molecule has 2 aromatic rings. The van der Waals surface area contributed by atoms with Crippen LogP contribution in [0.2, 0.25) is 0 Å². The first-order chi connectivity index (χ1) is 9.62. The Labute approximate surface area is 118 Å². The number of nitrogens with zero attached hydrogens (tertiary/aromatic N) is 5. The smallest absolute Gasteiger partial charge is 0.241 e. The molecule has 3 rings (SSSR count). The van der Waals surface area contributed by atoms with Gasteiger partial charge in [-0.3, -0.25) is 4.90 Å². The predicted octanol–water partition coefficient (Wildman–Crippen LogP) is 2.15. The number of aromatic nitrogens is 4. The van der Waals surface area contributed by atoms with E-state index in [9.17, 15) is 0 Å². The van der Waals surface area contributed by atoms with Crippen LogP contribution in [0.4, 0.5) is 0 Å². The van der Waals surface area contributed by atoms with Gasteiger partial charge in [-0.05, 0) is 37.4 Å². The molecule has 1 aliphatic rings. The van der Waals surface area contributed by atoms with Gasteiger partial charge in [0.05, 0.1) is 6.54 Å². The van der Waals surface area contributed by atoms with Crippen LogP contribution in [-0.4, -0.2) is 38.1 Å². The molecule has 2 aromatic heterocycles. The first-order valence-electron chi connectivity index (χ1n) is 6.94. The molecule has 0 aliphatic carbocycles. The Balaban J connectivity index is 1.64. The lowest BCUT2D eigenvalue weighted by Crippen LogP contribution is -2.36. The SMILES string of the molecule is CC1(C)CCN(Cc2nc(-c3ccncn3)no2)CC1. The fourth-order valence-corrected chi connectivity index (χ4v) is 2.35. The second-order valence-electron chi connectivity index (χ2n) is 6.05. The molecule has 20 heavy (non-hydrogen) atoms. The first-order valence-corrected chi connectivity index (χ1v) is 6.94. The summed E-state index contributed by atoms with van der Waals surface area (Å²) in [5.41, 5.74) is 1.15. The van der Waals surface area contributed by atoms with Gasteiger partial charge in [-0.15, -0.1) is 0 Å². The van der Waals surface area contributed by atoms with Crippen LogP contribution < -0.4 is 0 Å². The number of hydrogen-bond donors (Lipinski definition) is 0. The highest BCUT2D eigenvalue weighted by Crippen LogP contribution is 2.30. The third-order valence-electron chi connectivity index (χ3n) is 3.85. The molecule has 0 spiro atoms.